The van der Waals surface area contributed by atoms with E-state index in [4.69, 9.17) is 9.47 Å². The average Bonchev–Trinajstić information content (AvgIpc) is 2.97. The summed E-state index contributed by atoms with van der Waals surface area (Å²) in [6.07, 6.45) is 0.872. The maximum atomic E-state index is 12.2. The summed E-state index contributed by atoms with van der Waals surface area (Å²) in [7, 11) is 1.84. The van der Waals surface area contributed by atoms with Crippen LogP contribution in [0.1, 0.15) is 24.5 Å². The zero-order valence-corrected chi connectivity index (χ0v) is 14.7. The van der Waals surface area contributed by atoms with E-state index in [-0.39, 0.29) is 17.9 Å². The number of aromatic nitrogens is 2. The van der Waals surface area contributed by atoms with Gasteiger partial charge in [0, 0.05) is 38.0 Å². The molecule has 1 aromatic heterocycles. The van der Waals surface area contributed by atoms with E-state index >= 15 is 0 Å². The number of carbonyl (C=O) groups excluding carboxylic acids is 2. The van der Waals surface area contributed by atoms with Crippen LogP contribution in [0, 0.1) is 0 Å². The Morgan fingerprint density at radius 2 is 2.27 bits per heavy atom. The van der Waals surface area contributed by atoms with Crippen LogP contribution in [0.25, 0.3) is 10.9 Å². The van der Waals surface area contributed by atoms with Crippen molar-refractivity contribution in [3.05, 3.63) is 23.9 Å². The van der Waals surface area contributed by atoms with Crippen LogP contribution < -0.4 is 15.4 Å². The minimum atomic E-state index is -0.398. The molecule has 3 heterocycles. The lowest BCUT2D eigenvalue weighted by Crippen LogP contribution is -2.41. The van der Waals surface area contributed by atoms with Crippen molar-refractivity contribution in [1.82, 2.24) is 20.4 Å². The van der Waals surface area contributed by atoms with Gasteiger partial charge in [-0.05, 0) is 18.6 Å². The van der Waals surface area contributed by atoms with Gasteiger partial charge in [0.2, 0.25) is 11.8 Å². The van der Waals surface area contributed by atoms with Gasteiger partial charge in [0.15, 0.2) is 0 Å². The van der Waals surface area contributed by atoms with E-state index in [1.165, 1.54) is 0 Å². The number of amides is 2. The highest BCUT2D eigenvalue weighted by molar-refractivity contribution is 6.02. The molecule has 0 saturated carbocycles. The van der Waals surface area contributed by atoms with Gasteiger partial charge >= 0.3 is 0 Å². The highest BCUT2D eigenvalue weighted by Gasteiger charge is 2.31. The first-order valence-electron chi connectivity index (χ1n) is 8.87. The Morgan fingerprint density at radius 1 is 1.38 bits per heavy atom. The zero-order chi connectivity index (χ0) is 18.1. The first kappa shape index (κ1) is 17.0. The maximum Gasteiger partial charge on any atom is 0.235 e. The van der Waals surface area contributed by atoms with Crippen molar-refractivity contribution in [2.24, 2.45) is 7.05 Å². The van der Waals surface area contributed by atoms with Crippen molar-refractivity contribution >= 4 is 22.7 Å². The Kier molecular flexibility index (Phi) is 4.60. The van der Waals surface area contributed by atoms with Crippen molar-refractivity contribution < 1.29 is 19.1 Å². The van der Waals surface area contributed by atoms with Crippen molar-refractivity contribution in [2.75, 3.05) is 26.3 Å². The predicted molar refractivity (Wildman–Crippen MR) is 93.9 cm³/mol. The predicted octanol–water partition coefficient (Wildman–Crippen LogP) is 0.461. The molecule has 138 valence electrons. The number of ether oxygens (including phenoxy) is 2. The van der Waals surface area contributed by atoms with E-state index in [1.54, 1.807) is 4.68 Å². The Hall–Kier alpha value is -2.45. The number of nitrogens with one attached hydrogen (secondary N) is 2. The molecule has 8 nitrogen and oxygen atoms in total. The van der Waals surface area contributed by atoms with Crippen LogP contribution in [0.4, 0.5) is 0 Å². The van der Waals surface area contributed by atoms with Gasteiger partial charge in [0.25, 0.3) is 0 Å². The molecule has 2 N–H and O–H groups in total. The monoisotopic (exact) mass is 358 g/mol. The minimum absolute atomic E-state index is 0.0463. The van der Waals surface area contributed by atoms with Gasteiger partial charge in [0.05, 0.1) is 23.7 Å². The lowest BCUT2D eigenvalue weighted by atomic mass is 9.93. The first-order chi connectivity index (χ1) is 12.6. The number of benzene rings is 1. The Morgan fingerprint density at radius 3 is 3.04 bits per heavy atom. The molecule has 1 unspecified atom stereocenters. The van der Waals surface area contributed by atoms with Crippen LogP contribution in [0.15, 0.2) is 18.2 Å². The number of imide groups is 1. The lowest BCUT2D eigenvalue weighted by Gasteiger charge is -2.23. The summed E-state index contributed by atoms with van der Waals surface area (Å²) in [5, 5.41) is 11.1. The fourth-order valence-electron chi connectivity index (χ4n) is 3.48. The summed E-state index contributed by atoms with van der Waals surface area (Å²) in [6.45, 7) is 2.84. The Balaban J connectivity index is 1.54. The number of piperidine rings is 1. The van der Waals surface area contributed by atoms with Gasteiger partial charge in [-0.3, -0.25) is 19.6 Å². The molecule has 2 atom stereocenters. The number of aryl methyl sites for hydroxylation is 1. The molecule has 2 amide bonds. The SMILES string of the molecule is Cn1nc(C2CCC(=O)NC2=O)c2ccc(OC[C@@H]3CNCCO3)cc21. The van der Waals surface area contributed by atoms with Crippen molar-refractivity contribution in [3.63, 3.8) is 0 Å². The van der Waals surface area contributed by atoms with Gasteiger partial charge in [0.1, 0.15) is 18.5 Å². The van der Waals surface area contributed by atoms with E-state index in [0.717, 1.165) is 29.7 Å². The summed E-state index contributed by atoms with van der Waals surface area (Å²) in [4.78, 5) is 23.6. The summed E-state index contributed by atoms with van der Waals surface area (Å²) in [5.74, 6) is -0.153. The second kappa shape index (κ2) is 7.05. The van der Waals surface area contributed by atoms with E-state index in [9.17, 15) is 9.59 Å². The normalized spacial score (nSPS) is 23.9. The summed E-state index contributed by atoms with van der Waals surface area (Å²) < 4.78 is 13.3. The molecule has 0 spiro atoms. The molecule has 2 fully saturated rings. The fourth-order valence-corrected chi connectivity index (χ4v) is 3.48. The summed E-state index contributed by atoms with van der Waals surface area (Å²) in [6, 6.07) is 5.74. The summed E-state index contributed by atoms with van der Waals surface area (Å²) >= 11 is 0. The molecular formula is C18H22N4O4. The van der Waals surface area contributed by atoms with Crippen LogP contribution in [0.5, 0.6) is 5.75 Å². The average molecular weight is 358 g/mol. The van der Waals surface area contributed by atoms with Gasteiger partial charge in [-0.25, -0.2) is 0 Å². The molecule has 0 aliphatic carbocycles. The second-order valence-corrected chi connectivity index (χ2v) is 6.70. The number of hydrogen-bond donors (Lipinski definition) is 2. The highest BCUT2D eigenvalue weighted by atomic mass is 16.5. The Labute approximate surface area is 150 Å². The second-order valence-electron chi connectivity index (χ2n) is 6.70. The largest absolute Gasteiger partial charge is 0.491 e. The summed E-state index contributed by atoms with van der Waals surface area (Å²) in [5.41, 5.74) is 1.60. The van der Waals surface area contributed by atoms with Crippen LogP contribution in [0.3, 0.4) is 0 Å². The van der Waals surface area contributed by atoms with E-state index in [0.29, 0.717) is 31.7 Å². The van der Waals surface area contributed by atoms with E-state index < -0.39 is 5.92 Å². The van der Waals surface area contributed by atoms with Gasteiger partial charge in [-0.15, -0.1) is 0 Å². The van der Waals surface area contributed by atoms with Crippen LogP contribution >= 0.6 is 0 Å². The lowest BCUT2D eigenvalue weighted by molar-refractivity contribution is -0.134. The molecule has 0 radical (unpaired) electrons. The number of fused-ring (bicyclic) bond motifs is 1. The van der Waals surface area contributed by atoms with Crippen molar-refractivity contribution in [1.29, 1.82) is 0 Å². The van der Waals surface area contributed by atoms with Crippen molar-refractivity contribution in [3.8, 4) is 5.75 Å². The molecule has 2 saturated heterocycles. The standard InChI is InChI=1S/C18H22N4O4/c1-22-15-8-11(26-10-12-9-19-6-7-25-12)2-3-13(15)17(21-22)14-4-5-16(23)20-18(14)24/h2-3,8,12,14,19H,4-7,9-10H2,1H3,(H,20,23,24)/t12-,14?/m0/s1. The molecule has 0 bridgehead atoms. The quantitative estimate of drug-likeness (QED) is 0.771. The fraction of sp³-hybridized carbons (Fsp3) is 0.500. The third-order valence-electron chi connectivity index (χ3n) is 4.86. The minimum Gasteiger partial charge on any atom is -0.491 e. The number of rotatable bonds is 4. The molecular weight excluding hydrogens is 336 g/mol. The van der Waals surface area contributed by atoms with Gasteiger partial charge < -0.3 is 14.8 Å². The molecule has 1 aromatic carbocycles. The third kappa shape index (κ3) is 3.30. The van der Waals surface area contributed by atoms with Crippen LogP contribution in [-0.2, 0) is 21.4 Å². The molecule has 2 aliphatic rings. The topological polar surface area (TPSA) is 94.5 Å². The first-order valence-corrected chi connectivity index (χ1v) is 8.87. The number of hydrogen-bond acceptors (Lipinski definition) is 6. The molecule has 26 heavy (non-hydrogen) atoms. The Bertz CT molecular complexity index is 841. The van der Waals surface area contributed by atoms with Crippen LogP contribution in [-0.4, -0.2) is 54.0 Å². The van der Waals surface area contributed by atoms with E-state index in [1.807, 2.05) is 25.2 Å². The van der Waals surface area contributed by atoms with Crippen LogP contribution in [0.2, 0.25) is 0 Å². The molecule has 2 aromatic rings. The number of morpholine rings is 1. The molecule has 4 rings (SSSR count). The smallest absolute Gasteiger partial charge is 0.235 e. The number of carbonyl (C=O) groups is 2. The third-order valence-corrected chi connectivity index (χ3v) is 4.86. The van der Waals surface area contributed by atoms with E-state index in [2.05, 4.69) is 15.7 Å². The van der Waals surface area contributed by atoms with Gasteiger partial charge in [-0.2, -0.15) is 5.10 Å². The molecule has 8 heteroatoms. The maximum absolute atomic E-state index is 12.2. The zero-order valence-electron chi connectivity index (χ0n) is 14.7. The highest BCUT2D eigenvalue weighted by Crippen LogP contribution is 2.31. The van der Waals surface area contributed by atoms with Crippen molar-refractivity contribution in [2.45, 2.75) is 24.9 Å². The van der Waals surface area contributed by atoms with Gasteiger partial charge in [-0.1, -0.05) is 0 Å². The molecule has 2 aliphatic heterocycles. The number of nitrogens with zero attached hydrogens (tertiary/aromatic N) is 2.